The number of rotatable bonds is 4. The summed E-state index contributed by atoms with van der Waals surface area (Å²) >= 11 is 0. The molecule has 94 valence electrons. The van der Waals surface area contributed by atoms with E-state index < -0.39 is 11.8 Å². The van der Waals surface area contributed by atoms with Crippen molar-refractivity contribution in [1.29, 1.82) is 0 Å². The summed E-state index contributed by atoms with van der Waals surface area (Å²) in [5, 5.41) is 0. The van der Waals surface area contributed by atoms with Gasteiger partial charge in [-0.25, -0.2) is 0 Å². The van der Waals surface area contributed by atoms with Gasteiger partial charge in [0, 0.05) is 11.1 Å². The number of nitrogens with two attached hydrogens (primary N) is 2. The molecule has 4 heteroatoms. The summed E-state index contributed by atoms with van der Waals surface area (Å²) in [6, 6.07) is 7.38. The summed E-state index contributed by atoms with van der Waals surface area (Å²) in [7, 11) is 0. The normalized spacial score (nSPS) is 12.3. The zero-order valence-electron chi connectivity index (χ0n) is 10.4. The van der Waals surface area contributed by atoms with Crippen LogP contribution in [0.25, 0.3) is 12.2 Å². The molecule has 0 atom stereocenters. The Balaban J connectivity index is 3.07. The van der Waals surface area contributed by atoms with Crippen molar-refractivity contribution in [2.24, 2.45) is 11.5 Å². The lowest BCUT2D eigenvalue weighted by Gasteiger charge is -2.00. The minimum absolute atomic E-state index is 0.454. The quantitative estimate of drug-likeness (QED) is 0.786. The molecule has 0 fully saturated rings. The smallest absolute Gasteiger partial charge is 0.244 e. The largest absolute Gasteiger partial charge is 0.366 e. The van der Waals surface area contributed by atoms with E-state index in [9.17, 15) is 9.59 Å². The van der Waals surface area contributed by atoms with Gasteiger partial charge < -0.3 is 11.5 Å². The third-order valence-corrected chi connectivity index (χ3v) is 2.45. The van der Waals surface area contributed by atoms with Gasteiger partial charge in [0.2, 0.25) is 11.8 Å². The van der Waals surface area contributed by atoms with Crippen LogP contribution in [0.1, 0.15) is 25.0 Å². The van der Waals surface area contributed by atoms with Gasteiger partial charge in [-0.05, 0) is 43.2 Å². The van der Waals surface area contributed by atoms with Gasteiger partial charge in [0.05, 0.1) is 0 Å². The first-order valence-electron chi connectivity index (χ1n) is 5.46. The molecule has 0 saturated heterocycles. The molecule has 1 rings (SSSR count). The van der Waals surface area contributed by atoms with Gasteiger partial charge in [0.15, 0.2) is 0 Å². The summed E-state index contributed by atoms with van der Waals surface area (Å²) in [5.74, 6) is -0.909. The highest BCUT2D eigenvalue weighted by Crippen LogP contribution is 2.12. The fraction of sp³-hybridized carbons (Fsp3) is 0.143. The van der Waals surface area contributed by atoms with E-state index in [4.69, 9.17) is 11.5 Å². The highest BCUT2D eigenvalue weighted by molar-refractivity contribution is 5.97. The highest BCUT2D eigenvalue weighted by Gasteiger charge is 2.00. The van der Waals surface area contributed by atoms with Crippen molar-refractivity contribution in [1.82, 2.24) is 0 Å². The van der Waals surface area contributed by atoms with Gasteiger partial charge in [-0.3, -0.25) is 9.59 Å². The molecule has 1 aromatic rings. The Morgan fingerprint density at radius 3 is 1.67 bits per heavy atom. The van der Waals surface area contributed by atoms with Crippen LogP contribution in [0.3, 0.4) is 0 Å². The Labute approximate surface area is 106 Å². The van der Waals surface area contributed by atoms with E-state index in [1.165, 1.54) is 0 Å². The average Bonchev–Trinajstić information content (AvgIpc) is 2.29. The van der Waals surface area contributed by atoms with E-state index in [0.717, 1.165) is 11.1 Å². The van der Waals surface area contributed by atoms with Crippen molar-refractivity contribution in [2.45, 2.75) is 13.8 Å². The number of hydrogen-bond donors (Lipinski definition) is 2. The second kappa shape index (κ2) is 5.82. The third kappa shape index (κ3) is 3.90. The van der Waals surface area contributed by atoms with E-state index in [0.29, 0.717) is 11.1 Å². The molecule has 0 saturated carbocycles. The molecule has 0 bridgehead atoms. The van der Waals surface area contributed by atoms with Crippen molar-refractivity contribution in [3.05, 3.63) is 46.5 Å². The van der Waals surface area contributed by atoms with E-state index in [-0.39, 0.29) is 0 Å². The van der Waals surface area contributed by atoms with Gasteiger partial charge in [0.1, 0.15) is 0 Å². The molecule has 0 unspecified atom stereocenters. The summed E-state index contributed by atoms with van der Waals surface area (Å²) < 4.78 is 0. The number of benzene rings is 1. The molecular formula is C14H16N2O2. The molecule has 0 heterocycles. The number of carbonyl (C=O) groups excluding carboxylic acids is 2. The Kier molecular flexibility index (Phi) is 4.43. The van der Waals surface area contributed by atoms with Crippen molar-refractivity contribution in [2.75, 3.05) is 0 Å². The molecule has 0 aliphatic heterocycles. The summed E-state index contributed by atoms with van der Waals surface area (Å²) in [6.45, 7) is 3.30. The molecule has 1 aromatic carbocycles. The molecule has 0 radical (unpaired) electrons. The van der Waals surface area contributed by atoms with Crippen LogP contribution in [0.5, 0.6) is 0 Å². The molecule has 0 aliphatic rings. The van der Waals surface area contributed by atoms with Crippen LogP contribution in [0.4, 0.5) is 0 Å². The van der Waals surface area contributed by atoms with Crippen LogP contribution in [0.15, 0.2) is 35.4 Å². The number of carbonyl (C=O) groups is 2. The topological polar surface area (TPSA) is 86.2 Å². The van der Waals surface area contributed by atoms with Crippen LogP contribution in [0.2, 0.25) is 0 Å². The molecule has 0 aliphatic carbocycles. The highest BCUT2D eigenvalue weighted by atomic mass is 16.1. The molecule has 2 amide bonds. The van der Waals surface area contributed by atoms with Crippen molar-refractivity contribution in [3.63, 3.8) is 0 Å². The number of primary amides is 2. The maximum atomic E-state index is 10.9. The lowest BCUT2D eigenvalue weighted by molar-refractivity contribution is -0.115. The maximum absolute atomic E-state index is 10.9. The Morgan fingerprint density at radius 2 is 1.33 bits per heavy atom. The van der Waals surface area contributed by atoms with Gasteiger partial charge >= 0.3 is 0 Å². The minimum Gasteiger partial charge on any atom is -0.366 e. The Hall–Kier alpha value is -2.36. The number of hydrogen-bond acceptors (Lipinski definition) is 2. The van der Waals surface area contributed by atoms with Crippen molar-refractivity contribution in [3.8, 4) is 0 Å². The first-order valence-corrected chi connectivity index (χ1v) is 5.46. The van der Waals surface area contributed by atoms with Gasteiger partial charge in [-0.2, -0.15) is 0 Å². The SMILES string of the molecule is CC(=Cc1cccc(C=C(C)C(N)=O)c1)C(N)=O. The first-order chi connectivity index (χ1) is 8.40. The van der Waals surface area contributed by atoms with Crippen LogP contribution in [-0.4, -0.2) is 11.8 Å². The van der Waals surface area contributed by atoms with Crippen LogP contribution >= 0.6 is 0 Å². The first kappa shape index (κ1) is 13.7. The van der Waals surface area contributed by atoms with Crippen molar-refractivity contribution >= 4 is 24.0 Å². The van der Waals surface area contributed by atoms with Crippen LogP contribution < -0.4 is 11.5 Å². The second-order valence-corrected chi connectivity index (χ2v) is 4.05. The van der Waals surface area contributed by atoms with E-state index in [1.54, 1.807) is 26.0 Å². The second-order valence-electron chi connectivity index (χ2n) is 4.05. The zero-order chi connectivity index (χ0) is 13.7. The Bertz CT molecular complexity index is 497. The molecule has 4 nitrogen and oxygen atoms in total. The summed E-state index contributed by atoms with van der Waals surface area (Å²) in [4.78, 5) is 21.9. The van der Waals surface area contributed by atoms with Gasteiger partial charge in [-0.15, -0.1) is 0 Å². The summed E-state index contributed by atoms with van der Waals surface area (Å²) in [5.41, 5.74) is 13.0. The monoisotopic (exact) mass is 244 g/mol. The predicted octanol–water partition coefficient (Wildman–Crippen LogP) is 1.46. The molecule has 0 spiro atoms. The molecule has 18 heavy (non-hydrogen) atoms. The van der Waals surface area contributed by atoms with Crippen molar-refractivity contribution < 1.29 is 9.59 Å². The third-order valence-electron chi connectivity index (χ3n) is 2.45. The maximum Gasteiger partial charge on any atom is 0.244 e. The molecular weight excluding hydrogens is 228 g/mol. The molecule has 0 aromatic heterocycles. The van der Waals surface area contributed by atoms with E-state index in [2.05, 4.69) is 0 Å². The lowest BCUT2D eigenvalue weighted by Crippen LogP contribution is -2.11. The Morgan fingerprint density at radius 1 is 0.944 bits per heavy atom. The fourth-order valence-electron chi connectivity index (χ4n) is 1.38. The molecule has 4 N–H and O–H groups in total. The minimum atomic E-state index is -0.454. The fourth-order valence-corrected chi connectivity index (χ4v) is 1.38. The van der Waals surface area contributed by atoms with E-state index >= 15 is 0 Å². The van der Waals surface area contributed by atoms with E-state index in [1.807, 2.05) is 24.3 Å². The predicted molar refractivity (Wildman–Crippen MR) is 72.1 cm³/mol. The van der Waals surface area contributed by atoms with Crippen LogP contribution in [0, 0.1) is 0 Å². The van der Waals surface area contributed by atoms with Gasteiger partial charge in [0.25, 0.3) is 0 Å². The summed E-state index contributed by atoms with van der Waals surface area (Å²) in [6.07, 6.45) is 3.39. The average molecular weight is 244 g/mol. The standard InChI is InChI=1S/C14H16N2O2/c1-9(13(15)17)6-11-4-3-5-12(8-11)7-10(2)14(16)18/h3-8H,1-2H3,(H2,15,17)(H2,16,18). The van der Waals surface area contributed by atoms with Gasteiger partial charge in [-0.1, -0.05) is 18.2 Å². The zero-order valence-corrected chi connectivity index (χ0v) is 10.4. The number of amides is 2. The van der Waals surface area contributed by atoms with Crippen LogP contribution in [-0.2, 0) is 9.59 Å². The lowest BCUT2D eigenvalue weighted by atomic mass is 10.1.